The molecule has 0 saturated carbocycles. The van der Waals surface area contributed by atoms with Crippen molar-refractivity contribution in [2.24, 2.45) is 23.3 Å². The number of nitrogens with two attached hydrogens (primary N) is 2. The maximum Gasteiger partial charge on any atom is 0.306 e. The van der Waals surface area contributed by atoms with Gasteiger partial charge in [-0.3, -0.25) is 19.3 Å². The summed E-state index contributed by atoms with van der Waals surface area (Å²) in [6.07, 6.45) is -0.881. The van der Waals surface area contributed by atoms with Crippen LogP contribution in [-0.2, 0) is 14.4 Å². The van der Waals surface area contributed by atoms with Crippen molar-refractivity contribution < 1.29 is 24.6 Å². The van der Waals surface area contributed by atoms with Gasteiger partial charge in [0.15, 0.2) is 0 Å². The number of carbonyl (C=O) groups excluding carboxylic acids is 2. The first kappa shape index (κ1) is 28.8. The number of halogens is 1. The van der Waals surface area contributed by atoms with Gasteiger partial charge in [-0.1, -0.05) is 44.5 Å². The number of carboxylic acids is 1. The van der Waals surface area contributed by atoms with Crippen molar-refractivity contribution in [2.75, 3.05) is 24.5 Å². The number of aliphatic hydroxyl groups is 1. The second-order valence-electron chi connectivity index (χ2n) is 9.39. The van der Waals surface area contributed by atoms with Crippen LogP contribution in [0.1, 0.15) is 41.0 Å². The maximum absolute atomic E-state index is 12.7. The lowest BCUT2D eigenvalue weighted by Gasteiger charge is -2.47. The van der Waals surface area contributed by atoms with E-state index >= 15 is 0 Å². The molecule has 0 aromatic heterocycles. The van der Waals surface area contributed by atoms with Crippen LogP contribution in [0.5, 0.6) is 0 Å². The third-order valence-corrected chi connectivity index (χ3v) is 6.00. The topological polar surface area (TPSA) is 150 Å². The highest BCUT2D eigenvalue weighted by Gasteiger charge is 2.40. The van der Waals surface area contributed by atoms with E-state index in [1.54, 1.807) is 24.8 Å². The fraction of sp³-hybridized carbons (Fsp3) is 0.609. The van der Waals surface area contributed by atoms with E-state index in [-0.39, 0.29) is 36.2 Å². The zero-order valence-corrected chi connectivity index (χ0v) is 20.7. The number of primary amides is 1. The summed E-state index contributed by atoms with van der Waals surface area (Å²) < 4.78 is 0. The van der Waals surface area contributed by atoms with Crippen LogP contribution in [0.3, 0.4) is 0 Å². The number of rotatable bonds is 8. The SMILES string of the molecule is CC(C)C(N)=O.CC(CC(O)C(N)CN1CC(=O)N(c2ccccc2Cl)CC1(C)C)C(=O)O. The molecule has 1 heterocycles. The molecule has 1 saturated heterocycles. The van der Waals surface area contributed by atoms with Crippen LogP contribution in [0.15, 0.2) is 24.3 Å². The molecule has 0 aliphatic carbocycles. The van der Waals surface area contributed by atoms with Gasteiger partial charge in [-0.2, -0.15) is 0 Å². The molecule has 6 N–H and O–H groups in total. The number of hydrogen-bond acceptors (Lipinski definition) is 6. The number of carbonyl (C=O) groups is 3. The van der Waals surface area contributed by atoms with Crippen molar-refractivity contribution in [3.8, 4) is 0 Å². The fourth-order valence-electron chi connectivity index (χ4n) is 3.25. The van der Waals surface area contributed by atoms with Crippen LogP contribution in [0.25, 0.3) is 0 Å². The number of para-hydroxylation sites is 1. The first-order valence-corrected chi connectivity index (χ1v) is 11.3. The second-order valence-corrected chi connectivity index (χ2v) is 9.79. The molecule has 0 bridgehead atoms. The summed E-state index contributed by atoms with van der Waals surface area (Å²) in [6.45, 7) is 9.95. The molecule has 33 heavy (non-hydrogen) atoms. The van der Waals surface area contributed by atoms with Crippen molar-refractivity contribution in [2.45, 2.75) is 58.7 Å². The zero-order valence-electron chi connectivity index (χ0n) is 20.0. The summed E-state index contributed by atoms with van der Waals surface area (Å²) in [5.41, 5.74) is 11.2. The van der Waals surface area contributed by atoms with Crippen LogP contribution in [0.4, 0.5) is 5.69 Å². The Morgan fingerprint density at radius 3 is 2.24 bits per heavy atom. The monoisotopic (exact) mass is 484 g/mol. The minimum absolute atomic E-state index is 0.00926. The number of nitrogens with zero attached hydrogens (tertiary/aromatic N) is 2. The molecule has 0 spiro atoms. The number of anilines is 1. The number of aliphatic carboxylic acids is 1. The molecule has 2 amide bonds. The molecule has 3 atom stereocenters. The molecule has 10 heteroatoms. The number of hydrogen-bond donors (Lipinski definition) is 4. The van der Waals surface area contributed by atoms with Crippen molar-refractivity contribution in [3.05, 3.63) is 29.3 Å². The molecular weight excluding hydrogens is 448 g/mol. The third kappa shape index (κ3) is 8.58. The van der Waals surface area contributed by atoms with E-state index in [1.807, 2.05) is 36.9 Å². The van der Waals surface area contributed by atoms with Crippen LogP contribution in [-0.4, -0.2) is 70.2 Å². The van der Waals surface area contributed by atoms with E-state index in [2.05, 4.69) is 0 Å². The summed E-state index contributed by atoms with van der Waals surface area (Å²) in [7, 11) is 0. The number of amides is 2. The van der Waals surface area contributed by atoms with Crippen molar-refractivity contribution in [1.29, 1.82) is 0 Å². The number of carboxylic acid groups (broad SMARTS) is 1. The lowest BCUT2D eigenvalue weighted by atomic mass is 9.94. The second kappa shape index (κ2) is 12.3. The first-order chi connectivity index (χ1) is 15.2. The molecule has 1 aliphatic rings. The van der Waals surface area contributed by atoms with Gasteiger partial charge >= 0.3 is 5.97 Å². The van der Waals surface area contributed by atoms with Crippen LogP contribution in [0, 0.1) is 11.8 Å². The van der Waals surface area contributed by atoms with Gasteiger partial charge in [-0.25, -0.2) is 0 Å². The summed E-state index contributed by atoms with van der Waals surface area (Å²) in [5, 5.41) is 19.7. The third-order valence-electron chi connectivity index (χ3n) is 5.68. The summed E-state index contributed by atoms with van der Waals surface area (Å²) in [4.78, 5) is 37.2. The Morgan fingerprint density at radius 1 is 1.21 bits per heavy atom. The van der Waals surface area contributed by atoms with E-state index in [0.717, 1.165) is 0 Å². The summed E-state index contributed by atoms with van der Waals surface area (Å²) >= 11 is 6.24. The smallest absolute Gasteiger partial charge is 0.306 e. The number of aliphatic hydroxyl groups excluding tert-OH is 1. The molecule has 3 unspecified atom stereocenters. The lowest BCUT2D eigenvalue weighted by molar-refractivity contribution is -0.142. The average Bonchev–Trinajstić information content (AvgIpc) is 2.71. The predicted molar refractivity (Wildman–Crippen MR) is 129 cm³/mol. The normalized spacial score (nSPS) is 18.8. The minimum atomic E-state index is -0.967. The number of benzene rings is 1. The largest absolute Gasteiger partial charge is 0.481 e. The predicted octanol–water partition coefficient (Wildman–Crippen LogP) is 1.69. The Labute approximate surface area is 200 Å². The van der Waals surface area contributed by atoms with E-state index in [9.17, 15) is 19.5 Å². The minimum Gasteiger partial charge on any atom is -0.481 e. The molecule has 0 radical (unpaired) electrons. The summed E-state index contributed by atoms with van der Waals surface area (Å²) in [5.74, 6) is -1.99. The average molecular weight is 485 g/mol. The van der Waals surface area contributed by atoms with Gasteiger partial charge in [0, 0.05) is 30.6 Å². The van der Waals surface area contributed by atoms with E-state index in [0.29, 0.717) is 23.8 Å². The zero-order chi connectivity index (χ0) is 25.5. The molecule has 1 aliphatic heterocycles. The van der Waals surface area contributed by atoms with Crippen molar-refractivity contribution in [1.82, 2.24) is 4.90 Å². The Hall–Kier alpha value is -2.20. The highest BCUT2D eigenvalue weighted by atomic mass is 35.5. The molecule has 1 fully saturated rings. The highest BCUT2D eigenvalue weighted by Crippen LogP contribution is 2.31. The molecule has 186 valence electrons. The summed E-state index contributed by atoms with van der Waals surface area (Å²) in [6, 6.07) is 6.57. The highest BCUT2D eigenvalue weighted by molar-refractivity contribution is 6.33. The van der Waals surface area contributed by atoms with E-state index in [4.69, 9.17) is 28.2 Å². The Balaban J connectivity index is 0.000000801. The maximum atomic E-state index is 12.7. The number of piperazine rings is 1. The Morgan fingerprint density at radius 2 is 1.76 bits per heavy atom. The van der Waals surface area contributed by atoms with E-state index in [1.165, 1.54) is 6.92 Å². The molecular formula is C23H37ClN4O5. The van der Waals surface area contributed by atoms with Gasteiger partial charge in [-0.05, 0) is 32.4 Å². The Bertz CT molecular complexity index is 833. The quantitative estimate of drug-likeness (QED) is 0.438. The first-order valence-electron chi connectivity index (χ1n) is 10.9. The van der Waals surface area contributed by atoms with Gasteiger partial charge in [-0.15, -0.1) is 0 Å². The van der Waals surface area contributed by atoms with Gasteiger partial charge in [0.2, 0.25) is 11.8 Å². The molecule has 1 aromatic carbocycles. The van der Waals surface area contributed by atoms with Gasteiger partial charge in [0.05, 0.1) is 29.3 Å². The van der Waals surface area contributed by atoms with Gasteiger partial charge < -0.3 is 26.6 Å². The Kier molecular flexibility index (Phi) is 10.8. The fourth-order valence-corrected chi connectivity index (χ4v) is 3.49. The lowest BCUT2D eigenvalue weighted by Crippen LogP contribution is -2.64. The van der Waals surface area contributed by atoms with Crippen molar-refractivity contribution >= 4 is 35.1 Å². The van der Waals surface area contributed by atoms with Gasteiger partial charge in [0.1, 0.15) is 0 Å². The molecule has 1 aromatic rings. The molecule has 2 rings (SSSR count). The van der Waals surface area contributed by atoms with Crippen LogP contribution >= 0.6 is 11.6 Å². The standard InChI is InChI=1S/C19H28ClN3O4.C4H9NO/c1-12(18(26)27)8-16(24)14(21)9-22-10-17(25)23(11-19(22,2)3)15-7-5-4-6-13(15)20;1-3(2)4(5)6/h4-7,12,14,16,24H,8-11,21H2,1-3H3,(H,26,27);3H,1-2H3,(H2,5,6). The van der Waals surface area contributed by atoms with Crippen molar-refractivity contribution in [3.63, 3.8) is 0 Å². The van der Waals surface area contributed by atoms with Crippen LogP contribution in [0.2, 0.25) is 5.02 Å². The van der Waals surface area contributed by atoms with E-state index < -0.39 is 24.0 Å². The van der Waals surface area contributed by atoms with Gasteiger partial charge in [0.25, 0.3) is 0 Å². The van der Waals surface area contributed by atoms with Crippen LogP contribution < -0.4 is 16.4 Å². The molecule has 9 nitrogen and oxygen atoms in total.